The largest absolute Gasteiger partial charge is 0.481 e. The van der Waals surface area contributed by atoms with Crippen LogP contribution in [0.4, 0.5) is 13.2 Å². The second-order valence-electron chi connectivity index (χ2n) is 5.04. The van der Waals surface area contributed by atoms with Gasteiger partial charge in [0.15, 0.2) is 0 Å². The average Bonchev–Trinajstić information content (AvgIpc) is 2.52. The van der Waals surface area contributed by atoms with E-state index >= 15 is 0 Å². The Bertz CT molecular complexity index is 499. The summed E-state index contributed by atoms with van der Waals surface area (Å²) in [5, 5.41) is 9.14. The Balaban J connectivity index is 2.35. The van der Waals surface area contributed by atoms with Gasteiger partial charge in [0, 0.05) is 0 Å². The Kier molecular flexibility index (Phi) is 3.35. The van der Waals surface area contributed by atoms with E-state index in [1.807, 2.05) is 0 Å². The Hall–Kier alpha value is -1.86. The van der Waals surface area contributed by atoms with Gasteiger partial charge in [-0.05, 0) is 5.92 Å². The van der Waals surface area contributed by atoms with Crippen LogP contribution in [0.3, 0.4) is 0 Å². The fourth-order valence-corrected chi connectivity index (χ4v) is 2.81. The van der Waals surface area contributed by atoms with E-state index in [2.05, 4.69) is 0 Å². The zero-order valence-electron chi connectivity index (χ0n) is 10.4. The molecule has 0 aromatic heterocycles. The minimum absolute atomic E-state index is 0.119. The molecule has 5 nitrogen and oxygen atoms in total. The highest BCUT2D eigenvalue weighted by Crippen LogP contribution is 2.41. The smallest absolute Gasteiger partial charge is 0.406 e. The SMILES string of the molecule is C[C@@H]1C=C[C@@H]2C(=O)N(CC(F)(F)F)C(=O)[C@H]2[C@H]1C(=O)O. The number of likely N-dealkylation sites (tertiary alicyclic amines) is 1. The summed E-state index contributed by atoms with van der Waals surface area (Å²) in [4.78, 5) is 35.2. The summed E-state index contributed by atoms with van der Waals surface area (Å²) in [6, 6.07) is 0. The fourth-order valence-electron chi connectivity index (χ4n) is 2.81. The summed E-state index contributed by atoms with van der Waals surface area (Å²) in [5.41, 5.74) is 0. The van der Waals surface area contributed by atoms with Crippen LogP contribution in [-0.4, -0.2) is 40.5 Å². The molecule has 2 aliphatic rings. The molecule has 4 atom stereocenters. The van der Waals surface area contributed by atoms with Gasteiger partial charge in [-0.25, -0.2) is 0 Å². The van der Waals surface area contributed by atoms with E-state index in [0.29, 0.717) is 0 Å². The van der Waals surface area contributed by atoms with Gasteiger partial charge in [0.1, 0.15) is 6.54 Å². The van der Waals surface area contributed by atoms with E-state index in [1.165, 1.54) is 12.2 Å². The summed E-state index contributed by atoms with van der Waals surface area (Å²) in [6.45, 7) is -0.123. The van der Waals surface area contributed by atoms with Crippen LogP contribution >= 0.6 is 0 Å². The summed E-state index contributed by atoms with van der Waals surface area (Å²) in [7, 11) is 0. The van der Waals surface area contributed by atoms with Crippen LogP contribution < -0.4 is 0 Å². The van der Waals surface area contributed by atoms with E-state index in [1.54, 1.807) is 6.92 Å². The molecule has 0 spiro atoms. The van der Waals surface area contributed by atoms with Crippen molar-refractivity contribution >= 4 is 17.8 Å². The molecule has 8 heteroatoms. The maximum Gasteiger partial charge on any atom is 0.406 e. The molecular weight excluding hydrogens is 279 g/mol. The maximum absolute atomic E-state index is 12.4. The summed E-state index contributed by atoms with van der Waals surface area (Å²) < 4.78 is 37.2. The van der Waals surface area contributed by atoms with Crippen LogP contribution in [0.25, 0.3) is 0 Å². The molecule has 0 aromatic carbocycles. The molecule has 0 unspecified atom stereocenters. The third kappa shape index (κ3) is 2.30. The first-order valence-corrected chi connectivity index (χ1v) is 5.96. The number of nitrogens with zero attached hydrogens (tertiary/aromatic N) is 1. The second kappa shape index (κ2) is 4.60. The zero-order chi connectivity index (χ0) is 15.2. The number of carbonyl (C=O) groups is 3. The van der Waals surface area contributed by atoms with E-state index < -0.39 is 54.2 Å². The van der Waals surface area contributed by atoms with Crippen LogP contribution in [0, 0.1) is 23.7 Å². The molecule has 0 saturated carbocycles. The standard InChI is InChI=1S/C12H12F3NO4/c1-5-2-3-6-8(7(5)11(19)20)10(18)16(9(6)17)4-12(13,14)15/h2-3,5-8H,4H2,1H3,(H,19,20)/t5-,6+,7+,8-/m1/s1. The quantitative estimate of drug-likeness (QED) is 0.609. The van der Waals surface area contributed by atoms with Crippen LogP contribution in [0.2, 0.25) is 0 Å². The average molecular weight is 291 g/mol. The van der Waals surface area contributed by atoms with E-state index in [0.717, 1.165) is 0 Å². The fraction of sp³-hybridized carbons (Fsp3) is 0.583. The van der Waals surface area contributed by atoms with E-state index in [4.69, 9.17) is 5.11 Å². The first-order valence-electron chi connectivity index (χ1n) is 5.96. The van der Waals surface area contributed by atoms with Crippen molar-refractivity contribution in [3.8, 4) is 0 Å². The van der Waals surface area contributed by atoms with Crippen LogP contribution in [0.1, 0.15) is 6.92 Å². The minimum Gasteiger partial charge on any atom is -0.481 e. The van der Waals surface area contributed by atoms with E-state index in [9.17, 15) is 27.6 Å². The Morgan fingerprint density at radius 2 is 1.90 bits per heavy atom. The summed E-state index contributed by atoms with van der Waals surface area (Å²) in [5.74, 6) is -7.37. The Morgan fingerprint density at radius 3 is 2.40 bits per heavy atom. The number of hydrogen-bond donors (Lipinski definition) is 1. The van der Waals surface area contributed by atoms with Gasteiger partial charge >= 0.3 is 12.1 Å². The third-order valence-corrected chi connectivity index (χ3v) is 3.69. The van der Waals surface area contributed by atoms with Crippen molar-refractivity contribution < 1.29 is 32.7 Å². The number of carboxylic acid groups (broad SMARTS) is 1. The number of rotatable bonds is 2. The van der Waals surface area contributed by atoms with Crippen molar-refractivity contribution in [3.63, 3.8) is 0 Å². The molecule has 0 bridgehead atoms. The molecule has 0 radical (unpaired) electrons. The molecule has 1 fully saturated rings. The van der Waals surface area contributed by atoms with Gasteiger partial charge in [-0.15, -0.1) is 0 Å². The van der Waals surface area contributed by atoms with Gasteiger partial charge in [-0.1, -0.05) is 19.1 Å². The maximum atomic E-state index is 12.4. The number of alkyl halides is 3. The molecule has 2 amide bonds. The topological polar surface area (TPSA) is 74.7 Å². The van der Waals surface area contributed by atoms with Gasteiger partial charge in [-0.3, -0.25) is 19.3 Å². The molecule has 1 heterocycles. The molecule has 2 rings (SSSR count). The number of carbonyl (C=O) groups excluding carboxylic acids is 2. The molecular formula is C12H12F3NO4. The molecule has 20 heavy (non-hydrogen) atoms. The molecule has 1 saturated heterocycles. The lowest BCUT2D eigenvalue weighted by molar-refractivity contribution is -0.167. The first-order chi connectivity index (χ1) is 9.13. The van der Waals surface area contributed by atoms with E-state index in [-0.39, 0.29) is 4.90 Å². The highest BCUT2D eigenvalue weighted by molar-refractivity contribution is 6.07. The number of hydrogen-bond acceptors (Lipinski definition) is 3. The summed E-state index contributed by atoms with van der Waals surface area (Å²) in [6.07, 6.45) is -1.90. The first kappa shape index (κ1) is 14.5. The number of carboxylic acids is 1. The zero-order valence-corrected chi connectivity index (χ0v) is 10.4. The Morgan fingerprint density at radius 1 is 1.30 bits per heavy atom. The van der Waals surface area contributed by atoms with Crippen molar-refractivity contribution in [3.05, 3.63) is 12.2 Å². The number of amides is 2. The normalized spacial score (nSPS) is 33.5. The number of aliphatic carboxylic acids is 1. The molecule has 1 N–H and O–H groups in total. The van der Waals surface area contributed by atoms with Crippen molar-refractivity contribution in [1.29, 1.82) is 0 Å². The Labute approximate surface area is 112 Å². The van der Waals surface area contributed by atoms with Gasteiger partial charge in [0.2, 0.25) is 11.8 Å². The molecule has 1 aliphatic carbocycles. The number of halogens is 3. The van der Waals surface area contributed by atoms with Crippen molar-refractivity contribution in [2.45, 2.75) is 13.1 Å². The number of fused-ring (bicyclic) bond motifs is 1. The summed E-state index contributed by atoms with van der Waals surface area (Å²) >= 11 is 0. The van der Waals surface area contributed by atoms with Crippen LogP contribution in [-0.2, 0) is 14.4 Å². The van der Waals surface area contributed by atoms with Gasteiger partial charge in [0.25, 0.3) is 0 Å². The van der Waals surface area contributed by atoms with Crippen molar-refractivity contribution in [2.24, 2.45) is 23.7 Å². The van der Waals surface area contributed by atoms with Crippen molar-refractivity contribution in [1.82, 2.24) is 4.90 Å². The molecule has 110 valence electrons. The second-order valence-corrected chi connectivity index (χ2v) is 5.04. The molecule has 0 aromatic rings. The monoisotopic (exact) mass is 291 g/mol. The number of imide groups is 1. The van der Waals surface area contributed by atoms with Gasteiger partial charge in [-0.2, -0.15) is 13.2 Å². The van der Waals surface area contributed by atoms with Gasteiger partial charge < -0.3 is 5.11 Å². The predicted octanol–water partition coefficient (Wildman–Crippen LogP) is 1.06. The molecule has 1 aliphatic heterocycles. The lowest BCUT2D eigenvalue weighted by Crippen LogP contribution is -2.41. The highest BCUT2D eigenvalue weighted by Gasteiger charge is 2.56. The van der Waals surface area contributed by atoms with Crippen LogP contribution in [0.5, 0.6) is 0 Å². The van der Waals surface area contributed by atoms with Gasteiger partial charge in [0.05, 0.1) is 17.8 Å². The lowest BCUT2D eigenvalue weighted by atomic mass is 9.72. The predicted molar refractivity (Wildman–Crippen MR) is 59.2 cm³/mol. The lowest BCUT2D eigenvalue weighted by Gasteiger charge is -2.28. The number of allylic oxidation sites excluding steroid dienone is 1. The minimum atomic E-state index is -4.70. The van der Waals surface area contributed by atoms with Crippen molar-refractivity contribution in [2.75, 3.05) is 6.54 Å². The van der Waals surface area contributed by atoms with Crippen LogP contribution in [0.15, 0.2) is 12.2 Å². The third-order valence-electron chi connectivity index (χ3n) is 3.69. The highest BCUT2D eigenvalue weighted by atomic mass is 19.4.